The minimum absolute atomic E-state index is 0.161. The first-order valence-corrected chi connectivity index (χ1v) is 6.52. The SMILES string of the molecule is Cc1cc(C(=O)NCCNS(C)(=O)=O)n[nH]1. The van der Waals surface area contributed by atoms with Crippen LogP contribution >= 0.6 is 0 Å². The van der Waals surface area contributed by atoms with E-state index in [4.69, 9.17) is 0 Å². The highest BCUT2D eigenvalue weighted by atomic mass is 32.2. The highest BCUT2D eigenvalue weighted by Gasteiger charge is 2.08. The lowest BCUT2D eigenvalue weighted by atomic mass is 10.3. The minimum atomic E-state index is -3.21. The molecule has 0 aliphatic carbocycles. The molecule has 1 aromatic heterocycles. The highest BCUT2D eigenvalue weighted by molar-refractivity contribution is 7.88. The van der Waals surface area contributed by atoms with E-state index < -0.39 is 10.0 Å². The number of aromatic nitrogens is 2. The van der Waals surface area contributed by atoms with E-state index in [1.165, 1.54) is 0 Å². The van der Waals surface area contributed by atoms with Crippen LogP contribution in [-0.2, 0) is 10.0 Å². The van der Waals surface area contributed by atoms with Crippen molar-refractivity contribution in [3.8, 4) is 0 Å². The number of sulfonamides is 1. The third-order valence-corrected chi connectivity index (χ3v) is 2.44. The number of H-pyrrole nitrogens is 1. The van der Waals surface area contributed by atoms with E-state index in [1.54, 1.807) is 13.0 Å². The summed E-state index contributed by atoms with van der Waals surface area (Å²) in [5.41, 5.74) is 1.08. The minimum Gasteiger partial charge on any atom is -0.349 e. The number of hydrogen-bond acceptors (Lipinski definition) is 4. The van der Waals surface area contributed by atoms with E-state index >= 15 is 0 Å². The molecule has 1 rings (SSSR count). The van der Waals surface area contributed by atoms with E-state index in [1.807, 2.05) is 0 Å². The largest absolute Gasteiger partial charge is 0.349 e. The standard InChI is InChI=1S/C8H14N4O3S/c1-6-5-7(12-11-6)8(13)9-3-4-10-16(2,14)15/h5,10H,3-4H2,1-2H3,(H,9,13)(H,11,12). The second kappa shape index (κ2) is 5.08. The Morgan fingerprint density at radius 3 is 2.69 bits per heavy atom. The Labute approximate surface area is 93.7 Å². The number of rotatable bonds is 5. The molecule has 1 heterocycles. The summed E-state index contributed by atoms with van der Waals surface area (Å²) in [6.07, 6.45) is 1.06. The molecular weight excluding hydrogens is 232 g/mol. The summed E-state index contributed by atoms with van der Waals surface area (Å²) in [5.74, 6) is -0.334. The van der Waals surface area contributed by atoms with Gasteiger partial charge in [-0.15, -0.1) is 0 Å². The Morgan fingerprint density at radius 2 is 2.19 bits per heavy atom. The van der Waals surface area contributed by atoms with E-state index in [2.05, 4.69) is 20.2 Å². The zero-order valence-corrected chi connectivity index (χ0v) is 9.89. The van der Waals surface area contributed by atoms with Gasteiger partial charge in [-0.1, -0.05) is 0 Å². The quantitative estimate of drug-likeness (QED) is 0.579. The fourth-order valence-corrected chi connectivity index (χ4v) is 1.51. The van der Waals surface area contributed by atoms with Gasteiger partial charge in [0.1, 0.15) is 5.69 Å². The van der Waals surface area contributed by atoms with Gasteiger partial charge in [-0.05, 0) is 13.0 Å². The van der Waals surface area contributed by atoms with Gasteiger partial charge in [0.25, 0.3) is 5.91 Å². The van der Waals surface area contributed by atoms with Crippen molar-refractivity contribution in [1.29, 1.82) is 0 Å². The van der Waals surface area contributed by atoms with Crippen LogP contribution in [0.3, 0.4) is 0 Å². The molecule has 7 nitrogen and oxygen atoms in total. The lowest BCUT2D eigenvalue weighted by Gasteiger charge is -2.03. The summed E-state index contributed by atoms with van der Waals surface area (Å²) in [6.45, 7) is 2.17. The van der Waals surface area contributed by atoms with Crippen molar-refractivity contribution >= 4 is 15.9 Å². The van der Waals surface area contributed by atoms with E-state index in [0.29, 0.717) is 0 Å². The Morgan fingerprint density at radius 1 is 1.50 bits per heavy atom. The van der Waals surface area contributed by atoms with Crippen LogP contribution in [0.2, 0.25) is 0 Å². The summed E-state index contributed by atoms with van der Waals surface area (Å²) < 4.78 is 23.7. The lowest BCUT2D eigenvalue weighted by molar-refractivity contribution is 0.0949. The molecule has 0 spiro atoms. The Hall–Kier alpha value is -1.41. The molecule has 1 amide bonds. The molecule has 0 aliphatic heterocycles. The fraction of sp³-hybridized carbons (Fsp3) is 0.500. The smallest absolute Gasteiger partial charge is 0.271 e. The third-order valence-electron chi connectivity index (χ3n) is 1.71. The molecule has 90 valence electrons. The molecule has 3 N–H and O–H groups in total. The molecule has 1 aromatic rings. The molecule has 0 aromatic carbocycles. The molecule has 0 radical (unpaired) electrons. The van der Waals surface area contributed by atoms with Gasteiger partial charge in [-0.25, -0.2) is 13.1 Å². The molecule has 0 saturated carbocycles. The van der Waals surface area contributed by atoms with Crippen LogP contribution in [0.1, 0.15) is 16.2 Å². The zero-order valence-electron chi connectivity index (χ0n) is 9.07. The number of nitrogens with zero attached hydrogens (tertiary/aromatic N) is 1. The molecular formula is C8H14N4O3S. The normalized spacial score (nSPS) is 11.4. The van der Waals surface area contributed by atoms with Gasteiger partial charge < -0.3 is 5.32 Å². The van der Waals surface area contributed by atoms with Crippen molar-refractivity contribution in [2.45, 2.75) is 6.92 Å². The van der Waals surface area contributed by atoms with Crippen LogP contribution in [0.4, 0.5) is 0 Å². The fourth-order valence-electron chi connectivity index (χ4n) is 1.04. The van der Waals surface area contributed by atoms with Gasteiger partial charge in [-0.3, -0.25) is 9.89 Å². The van der Waals surface area contributed by atoms with Crippen molar-refractivity contribution < 1.29 is 13.2 Å². The van der Waals surface area contributed by atoms with Crippen molar-refractivity contribution in [2.24, 2.45) is 0 Å². The zero-order chi connectivity index (χ0) is 12.2. The van der Waals surface area contributed by atoms with Crippen molar-refractivity contribution in [1.82, 2.24) is 20.2 Å². The van der Waals surface area contributed by atoms with Crippen LogP contribution in [0.15, 0.2) is 6.07 Å². The first kappa shape index (κ1) is 12.7. The topological polar surface area (TPSA) is 104 Å². The number of carbonyl (C=O) groups is 1. The number of carbonyl (C=O) groups excluding carboxylic acids is 1. The molecule has 0 atom stereocenters. The predicted molar refractivity (Wildman–Crippen MR) is 58.5 cm³/mol. The van der Waals surface area contributed by atoms with Gasteiger partial charge in [0.15, 0.2) is 0 Å². The van der Waals surface area contributed by atoms with Crippen molar-refractivity contribution in [2.75, 3.05) is 19.3 Å². The summed E-state index contributed by atoms with van der Waals surface area (Å²) in [6, 6.07) is 1.61. The highest BCUT2D eigenvalue weighted by Crippen LogP contribution is 1.96. The van der Waals surface area contributed by atoms with Gasteiger partial charge in [-0.2, -0.15) is 5.10 Å². The first-order chi connectivity index (χ1) is 7.38. The predicted octanol–water partition coefficient (Wildman–Crippen LogP) is -1.00. The van der Waals surface area contributed by atoms with Crippen LogP contribution in [0, 0.1) is 6.92 Å². The maximum Gasteiger partial charge on any atom is 0.271 e. The van der Waals surface area contributed by atoms with E-state index in [-0.39, 0.29) is 24.7 Å². The van der Waals surface area contributed by atoms with Gasteiger partial charge in [0.05, 0.1) is 6.26 Å². The Balaban J connectivity index is 2.31. The van der Waals surface area contributed by atoms with E-state index in [9.17, 15) is 13.2 Å². The number of hydrogen-bond donors (Lipinski definition) is 3. The number of aromatic amines is 1. The van der Waals surface area contributed by atoms with Crippen LogP contribution < -0.4 is 10.0 Å². The van der Waals surface area contributed by atoms with Crippen LogP contribution in [0.5, 0.6) is 0 Å². The van der Waals surface area contributed by atoms with E-state index in [0.717, 1.165) is 11.9 Å². The Kier molecular flexibility index (Phi) is 4.02. The molecule has 0 aliphatic rings. The molecule has 0 fully saturated rings. The number of nitrogens with one attached hydrogen (secondary N) is 3. The van der Waals surface area contributed by atoms with Crippen molar-refractivity contribution in [3.05, 3.63) is 17.5 Å². The first-order valence-electron chi connectivity index (χ1n) is 4.63. The van der Waals surface area contributed by atoms with Crippen LogP contribution in [-0.4, -0.2) is 43.9 Å². The summed E-state index contributed by atoms with van der Waals surface area (Å²) >= 11 is 0. The molecule has 0 saturated heterocycles. The van der Waals surface area contributed by atoms with Gasteiger partial charge in [0, 0.05) is 18.8 Å². The van der Waals surface area contributed by atoms with Crippen LogP contribution in [0.25, 0.3) is 0 Å². The summed E-state index contributed by atoms with van der Waals surface area (Å²) in [7, 11) is -3.21. The second-order valence-electron chi connectivity index (χ2n) is 3.36. The van der Waals surface area contributed by atoms with Gasteiger partial charge >= 0.3 is 0 Å². The second-order valence-corrected chi connectivity index (χ2v) is 5.19. The molecule has 0 bridgehead atoms. The molecule has 0 unspecified atom stereocenters. The average molecular weight is 246 g/mol. The maximum atomic E-state index is 11.4. The molecule has 8 heteroatoms. The number of amides is 1. The average Bonchev–Trinajstić information content (AvgIpc) is 2.57. The maximum absolute atomic E-state index is 11.4. The summed E-state index contributed by atoms with van der Waals surface area (Å²) in [5, 5.41) is 8.95. The van der Waals surface area contributed by atoms with Crippen molar-refractivity contribution in [3.63, 3.8) is 0 Å². The summed E-state index contributed by atoms with van der Waals surface area (Å²) in [4.78, 5) is 11.4. The Bertz CT molecular complexity index is 465. The number of aryl methyl sites for hydroxylation is 1. The van der Waals surface area contributed by atoms with Gasteiger partial charge in [0.2, 0.25) is 10.0 Å². The lowest BCUT2D eigenvalue weighted by Crippen LogP contribution is -2.34. The molecule has 16 heavy (non-hydrogen) atoms. The third kappa shape index (κ3) is 4.41. The monoisotopic (exact) mass is 246 g/mol.